The molecule has 0 radical (unpaired) electrons. The summed E-state index contributed by atoms with van der Waals surface area (Å²) in [5.41, 5.74) is 1.29. The molecule has 6 nitrogen and oxygen atoms in total. The summed E-state index contributed by atoms with van der Waals surface area (Å²) in [6.45, 7) is 0. The number of H-pyrrole nitrogens is 2. The number of aromatic nitrogens is 3. The van der Waals surface area contributed by atoms with E-state index < -0.39 is 9.84 Å². The van der Waals surface area contributed by atoms with Gasteiger partial charge in [-0.2, -0.15) is 0 Å². The van der Waals surface area contributed by atoms with Crippen LogP contribution in [0.3, 0.4) is 0 Å². The SMILES string of the molecule is O=c1[nH]c2ccc(S(=O)(=O)Cc3ccccn3)cc2c2cc[nH]c12. The molecule has 0 saturated heterocycles. The van der Waals surface area contributed by atoms with Crippen LogP contribution in [-0.2, 0) is 15.6 Å². The Kier molecular flexibility index (Phi) is 3.24. The van der Waals surface area contributed by atoms with E-state index in [4.69, 9.17) is 0 Å². The molecule has 4 rings (SSSR count). The molecule has 3 heterocycles. The molecule has 4 aromatic rings. The van der Waals surface area contributed by atoms with Crippen molar-refractivity contribution in [2.75, 3.05) is 0 Å². The quantitative estimate of drug-likeness (QED) is 0.599. The number of nitrogens with one attached hydrogen (secondary N) is 2. The van der Waals surface area contributed by atoms with Crippen molar-refractivity contribution < 1.29 is 8.42 Å². The molecule has 0 saturated carbocycles. The third kappa shape index (κ3) is 2.39. The normalized spacial score (nSPS) is 12.0. The van der Waals surface area contributed by atoms with Crippen LogP contribution in [-0.4, -0.2) is 23.4 Å². The van der Waals surface area contributed by atoms with Gasteiger partial charge in [-0.15, -0.1) is 0 Å². The molecular formula is C17H13N3O3S. The maximum atomic E-state index is 12.7. The van der Waals surface area contributed by atoms with Crippen LogP contribution >= 0.6 is 0 Å². The Hall–Kier alpha value is -2.93. The van der Waals surface area contributed by atoms with Gasteiger partial charge in [0, 0.05) is 28.7 Å². The lowest BCUT2D eigenvalue weighted by Gasteiger charge is -2.06. The first-order chi connectivity index (χ1) is 11.5. The second-order valence-electron chi connectivity index (χ2n) is 5.51. The molecule has 0 aliphatic heterocycles. The summed E-state index contributed by atoms with van der Waals surface area (Å²) in [6, 6.07) is 11.7. The summed E-state index contributed by atoms with van der Waals surface area (Å²) in [6.07, 6.45) is 3.23. The van der Waals surface area contributed by atoms with Crippen LogP contribution in [0, 0.1) is 0 Å². The molecule has 0 amide bonds. The predicted molar refractivity (Wildman–Crippen MR) is 91.6 cm³/mol. The minimum Gasteiger partial charge on any atom is -0.357 e. The number of hydrogen-bond acceptors (Lipinski definition) is 4. The highest BCUT2D eigenvalue weighted by molar-refractivity contribution is 7.90. The van der Waals surface area contributed by atoms with E-state index in [1.165, 1.54) is 6.07 Å². The first kappa shape index (κ1) is 14.6. The van der Waals surface area contributed by atoms with Crippen LogP contribution in [0.2, 0.25) is 0 Å². The molecule has 24 heavy (non-hydrogen) atoms. The van der Waals surface area contributed by atoms with Crippen molar-refractivity contribution in [3.05, 3.63) is 70.9 Å². The molecule has 1 aromatic carbocycles. The Morgan fingerprint density at radius 3 is 2.71 bits per heavy atom. The Balaban J connectivity index is 1.88. The maximum absolute atomic E-state index is 12.7. The summed E-state index contributed by atoms with van der Waals surface area (Å²) < 4.78 is 25.3. The lowest BCUT2D eigenvalue weighted by Crippen LogP contribution is -2.08. The minimum absolute atomic E-state index is 0.168. The zero-order valence-electron chi connectivity index (χ0n) is 12.5. The van der Waals surface area contributed by atoms with Gasteiger partial charge in [0.05, 0.1) is 16.3 Å². The van der Waals surface area contributed by atoms with Crippen LogP contribution in [0.1, 0.15) is 5.69 Å². The molecule has 3 aromatic heterocycles. The van der Waals surface area contributed by atoms with Gasteiger partial charge < -0.3 is 9.97 Å². The van der Waals surface area contributed by atoms with Crippen LogP contribution in [0.5, 0.6) is 0 Å². The van der Waals surface area contributed by atoms with Gasteiger partial charge in [-0.25, -0.2) is 8.42 Å². The molecule has 0 atom stereocenters. The van der Waals surface area contributed by atoms with Gasteiger partial charge in [0.1, 0.15) is 5.52 Å². The van der Waals surface area contributed by atoms with E-state index in [2.05, 4.69) is 15.0 Å². The number of benzene rings is 1. The smallest absolute Gasteiger partial charge is 0.272 e. The third-order valence-corrected chi connectivity index (χ3v) is 5.57. The average Bonchev–Trinajstić information content (AvgIpc) is 3.06. The number of fused-ring (bicyclic) bond motifs is 3. The van der Waals surface area contributed by atoms with Gasteiger partial charge in [-0.1, -0.05) is 6.07 Å². The molecule has 0 fully saturated rings. The van der Waals surface area contributed by atoms with Gasteiger partial charge in [-0.3, -0.25) is 9.78 Å². The van der Waals surface area contributed by atoms with Crippen molar-refractivity contribution in [3.8, 4) is 0 Å². The van der Waals surface area contributed by atoms with Gasteiger partial charge in [0.15, 0.2) is 9.84 Å². The number of sulfone groups is 1. The summed E-state index contributed by atoms with van der Waals surface area (Å²) in [5.74, 6) is -0.168. The van der Waals surface area contributed by atoms with E-state index in [9.17, 15) is 13.2 Å². The highest BCUT2D eigenvalue weighted by Crippen LogP contribution is 2.25. The van der Waals surface area contributed by atoms with Crippen molar-refractivity contribution in [2.24, 2.45) is 0 Å². The van der Waals surface area contributed by atoms with E-state index in [1.807, 2.05) is 0 Å². The molecule has 2 N–H and O–H groups in total. The monoisotopic (exact) mass is 339 g/mol. The van der Waals surface area contributed by atoms with Crippen molar-refractivity contribution in [2.45, 2.75) is 10.6 Å². The first-order valence-corrected chi connectivity index (χ1v) is 8.96. The second kappa shape index (κ2) is 5.31. The van der Waals surface area contributed by atoms with Gasteiger partial charge >= 0.3 is 0 Å². The third-order valence-electron chi connectivity index (χ3n) is 3.93. The summed E-state index contributed by atoms with van der Waals surface area (Å²) in [7, 11) is -3.53. The van der Waals surface area contributed by atoms with E-state index in [-0.39, 0.29) is 16.2 Å². The predicted octanol–water partition coefficient (Wildman–Crippen LogP) is 2.38. The summed E-state index contributed by atoms with van der Waals surface area (Å²) in [5, 5.41) is 1.39. The van der Waals surface area contributed by atoms with Gasteiger partial charge in [0.2, 0.25) is 0 Å². The zero-order chi connectivity index (χ0) is 16.7. The fourth-order valence-corrected chi connectivity index (χ4v) is 4.08. The Labute approximate surface area is 137 Å². The standard InChI is InChI=1S/C17H13N3O3S/c21-17-16-13(6-8-19-16)14-9-12(4-5-15(14)20-17)24(22,23)10-11-3-1-2-7-18-11/h1-9,19H,10H2,(H,20,21). The summed E-state index contributed by atoms with van der Waals surface area (Å²) >= 11 is 0. The lowest BCUT2D eigenvalue weighted by molar-refractivity contribution is 0.595. The lowest BCUT2D eigenvalue weighted by atomic mass is 10.1. The number of hydrogen-bond donors (Lipinski definition) is 2. The molecule has 0 unspecified atom stereocenters. The highest BCUT2D eigenvalue weighted by atomic mass is 32.2. The first-order valence-electron chi connectivity index (χ1n) is 7.30. The zero-order valence-corrected chi connectivity index (χ0v) is 13.3. The number of aromatic amines is 2. The molecule has 0 aliphatic carbocycles. The highest BCUT2D eigenvalue weighted by Gasteiger charge is 2.17. The van der Waals surface area contributed by atoms with Crippen molar-refractivity contribution in [1.82, 2.24) is 15.0 Å². The van der Waals surface area contributed by atoms with Crippen molar-refractivity contribution in [3.63, 3.8) is 0 Å². The Morgan fingerprint density at radius 1 is 1.04 bits per heavy atom. The number of rotatable bonds is 3. The van der Waals surface area contributed by atoms with E-state index in [0.29, 0.717) is 27.5 Å². The number of nitrogens with zero attached hydrogens (tertiary/aromatic N) is 1. The minimum atomic E-state index is -3.53. The van der Waals surface area contributed by atoms with E-state index >= 15 is 0 Å². The van der Waals surface area contributed by atoms with Gasteiger partial charge in [0.25, 0.3) is 5.56 Å². The van der Waals surface area contributed by atoms with Gasteiger partial charge in [-0.05, 0) is 36.4 Å². The summed E-state index contributed by atoms with van der Waals surface area (Å²) in [4.78, 5) is 21.9. The van der Waals surface area contributed by atoms with E-state index in [0.717, 1.165) is 0 Å². The Bertz CT molecular complexity index is 1210. The molecule has 0 bridgehead atoms. The van der Waals surface area contributed by atoms with Crippen LogP contribution in [0.15, 0.2) is 64.5 Å². The average molecular weight is 339 g/mol. The van der Waals surface area contributed by atoms with Crippen LogP contribution in [0.25, 0.3) is 21.8 Å². The maximum Gasteiger partial charge on any atom is 0.272 e. The topological polar surface area (TPSA) is 95.7 Å². The molecule has 0 aliphatic rings. The largest absolute Gasteiger partial charge is 0.357 e. The fraction of sp³-hybridized carbons (Fsp3) is 0.0588. The molecule has 0 spiro atoms. The van der Waals surface area contributed by atoms with Crippen molar-refractivity contribution >= 4 is 31.6 Å². The molecule has 120 valence electrons. The fourth-order valence-electron chi connectivity index (χ4n) is 2.78. The van der Waals surface area contributed by atoms with Crippen molar-refractivity contribution in [1.29, 1.82) is 0 Å². The van der Waals surface area contributed by atoms with E-state index in [1.54, 1.807) is 48.8 Å². The molecular weight excluding hydrogens is 326 g/mol. The Morgan fingerprint density at radius 2 is 1.92 bits per heavy atom. The van der Waals surface area contributed by atoms with Crippen LogP contribution < -0.4 is 5.56 Å². The van der Waals surface area contributed by atoms with Crippen LogP contribution in [0.4, 0.5) is 0 Å². The second-order valence-corrected chi connectivity index (χ2v) is 7.50. The number of pyridine rings is 2. The molecule has 7 heteroatoms.